The van der Waals surface area contributed by atoms with Gasteiger partial charge in [0.15, 0.2) is 0 Å². The van der Waals surface area contributed by atoms with Crippen LogP contribution in [0.25, 0.3) is 10.6 Å². The fourth-order valence-corrected chi connectivity index (χ4v) is 4.09. The highest BCUT2D eigenvalue weighted by atomic mass is 32.1. The molecule has 0 atom stereocenters. The summed E-state index contributed by atoms with van der Waals surface area (Å²) in [4.78, 5) is 16.9. The minimum absolute atomic E-state index is 0.128. The van der Waals surface area contributed by atoms with E-state index in [1.54, 1.807) is 7.11 Å². The Hall–Kier alpha value is -3.65. The smallest absolute Gasteiger partial charge is 0.310 e. The van der Waals surface area contributed by atoms with E-state index < -0.39 is 0 Å². The Morgan fingerprint density at radius 1 is 1.06 bits per heavy atom. The summed E-state index contributed by atoms with van der Waals surface area (Å²) in [5.41, 5.74) is 4.23. The molecule has 0 bridgehead atoms. The number of benzene rings is 2. The van der Waals surface area contributed by atoms with Crippen LogP contribution in [0, 0.1) is 13.8 Å². The molecule has 170 valence electrons. The predicted octanol–water partition coefficient (Wildman–Crippen LogP) is 5.29. The molecule has 0 aliphatic rings. The van der Waals surface area contributed by atoms with Crippen LogP contribution in [-0.2, 0) is 29.2 Å². The normalized spacial score (nSPS) is 10.8. The lowest BCUT2D eigenvalue weighted by Crippen LogP contribution is -2.08. The van der Waals surface area contributed by atoms with Gasteiger partial charge in [-0.25, -0.2) is 4.98 Å². The zero-order valence-corrected chi connectivity index (χ0v) is 19.5. The van der Waals surface area contributed by atoms with E-state index >= 15 is 0 Å². The van der Waals surface area contributed by atoms with Crippen LogP contribution >= 0.6 is 11.3 Å². The minimum atomic E-state index is -0.314. The highest BCUT2D eigenvalue weighted by Crippen LogP contribution is 2.32. The van der Waals surface area contributed by atoms with Gasteiger partial charge in [-0.05, 0) is 43.7 Å². The summed E-state index contributed by atoms with van der Waals surface area (Å²) < 4.78 is 21.8. The lowest BCUT2D eigenvalue weighted by atomic mass is 10.1. The predicted molar refractivity (Wildman–Crippen MR) is 124 cm³/mol. The van der Waals surface area contributed by atoms with E-state index in [0.717, 1.165) is 38.9 Å². The van der Waals surface area contributed by atoms with Crippen molar-refractivity contribution in [3.63, 3.8) is 0 Å². The Bertz CT molecular complexity index is 1210. The van der Waals surface area contributed by atoms with E-state index in [1.807, 2.05) is 67.8 Å². The van der Waals surface area contributed by atoms with Gasteiger partial charge in [0, 0.05) is 5.38 Å². The van der Waals surface area contributed by atoms with Gasteiger partial charge in [0.05, 0.1) is 36.0 Å². The molecule has 0 radical (unpaired) electrons. The average Bonchev–Trinajstić information content (AvgIpc) is 3.43. The molecule has 0 spiro atoms. The number of carbonyl (C=O) groups excluding carboxylic acids is 1. The second kappa shape index (κ2) is 10.3. The number of esters is 1. The second-order valence-corrected chi connectivity index (χ2v) is 8.28. The minimum Gasteiger partial charge on any atom is -0.496 e. The SMILES string of the molecule is COc1ccccc1-c1nc(COC(=O)Cc2ccc(OCc3c(C)noc3C)cc2)cs1. The molecule has 4 aromatic rings. The van der Waals surface area contributed by atoms with E-state index in [-0.39, 0.29) is 19.0 Å². The van der Waals surface area contributed by atoms with Gasteiger partial charge in [-0.3, -0.25) is 4.79 Å². The quantitative estimate of drug-likeness (QED) is 0.311. The number of para-hydroxylation sites is 1. The maximum Gasteiger partial charge on any atom is 0.310 e. The van der Waals surface area contributed by atoms with Crippen LogP contribution < -0.4 is 9.47 Å². The fraction of sp³-hybridized carbons (Fsp3) is 0.240. The Kier molecular flexibility index (Phi) is 7.04. The van der Waals surface area contributed by atoms with Crippen LogP contribution in [0.4, 0.5) is 0 Å². The molecule has 0 saturated carbocycles. The third-order valence-electron chi connectivity index (χ3n) is 5.11. The van der Waals surface area contributed by atoms with Crippen LogP contribution in [-0.4, -0.2) is 23.2 Å². The lowest BCUT2D eigenvalue weighted by molar-refractivity contribution is -0.144. The number of aromatic nitrogens is 2. The second-order valence-electron chi connectivity index (χ2n) is 7.42. The van der Waals surface area contributed by atoms with Crippen LogP contribution in [0.3, 0.4) is 0 Å². The standard InChI is InChI=1S/C25H24N2O5S/c1-16-22(17(2)32-27-16)14-30-20-10-8-18(9-11-20)12-24(28)31-13-19-15-33-25(26-19)21-6-4-5-7-23(21)29-3/h4-11,15H,12-14H2,1-3H3. The fourth-order valence-electron chi connectivity index (χ4n) is 3.26. The number of thiazole rings is 1. The molecule has 2 aromatic heterocycles. The van der Waals surface area contributed by atoms with Crippen molar-refractivity contribution in [1.82, 2.24) is 10.1 Å². The number of ether oxygens (including phenoxy) is 3. The molecule has 0 unspecified atom stereocenters. The molecule has 0 saturated heterocycles. The molecular formula is C25H24N2O5S. The summed E-state index contributed by atoms with van der Waals surface area (Å²) >= 11 is 1.49. The topological polar surface area (TPSA) is 83.7 Å². The van der Waals surface area contributed by atoms with E-state index in [9.17, 15) is 4.79 Å². The van der Waals surface area contributed by atoms with E-state index in [2.05, 4.69) is 10.1 Å². The first-order valence-electron chi connectivity index (χ1n) is 10.4. The summed E-state index contributed by atoms with van der Waals surface area (Å²) in [6.45, 7) is 4.25. The Balaban J connectivity index is 1.27. The summed E-state index contributed by atoms with van der Waals surface area (Å²) in [6.07, 6.45) is 0.174. The molecule has 0 aliphatic carbocycles. The van der Waals surface area contributed by atoms with Crippen molar-refractivity contribution in [2.24, 2.45) is 0 Å². The summed E-state index contributed by atoms with van der Waals surface area (Å²) in [7, 11) is 1.63. The van der Waals surface area contributed by atoms with Crippen molar-refractivity contribution in [3.05, 3.63) is 82.2 Å². The first-order chi connectivity index (χ1) is 16.0. The lowest BCUT2D eigenvalue weighted by Gasteiger charge is -2.07. The average molecular weight is 465 g/mol. The molecule has 0 aliphatic heterocycles. The van der Waals surface area contributed by atoms with Crippen LogP contribution in [0.1, 0.15) is 28.3 Å². The highest BCUT2D eigenvalue weighted by molar-refractivity contribution is 7.13. The number of methoxy groups -OCH3 is 1. The number of hydrogen-bond donors (Lipinski definition) is 0. The molecule has 0 N–H and O–H groups in total. The van der Waals surface area contributed by atoms with Crippen LogP contribution in [0.5, 0.6) is 11.5 Å². The largest absolute Gasteiger partial charge is 0.496 e. The van der Waals surface area contributed by atoms with Gasteiger partial charge in [-0.1, -0.05) is 29.4 Å². The van der Waals surface area contributed by atoms with Crippen LogP contribution in [0.2, 0.25) is 0 Å². The molecule has 0 fully saturated rings. The number of rotatable bonds is 9. The zero-order chi connectivity index (χ0) is 23.2. The van der Waals surface area contributed by atoms with Gasteiger partial charge in [0.2, 0.25) is 0 Å². The maximum absolute atomic E-state index is 12.3. The first kappa shape index (κ1) is 22.5. The molecule has 0 amide bonds. The van der Waals surface area contributed by atoms with E-state index in [1.165, 1.54) is 11.3 Å². The Labute approximate surface area is 195 Å². The van der Waals surface area contributed by atoms with Crippen molar-refractivity contribution < 1.29 is 23.5 Å². The molecule has 4 rings (SSSR count). The van der Waals surface area contributed by atoms with E-state index in [0.29, 0.717) is 18.1 Å². The summed E-state index contributed by atoms with van der Waals surface area (Å²) in [6, 6.07) is 15.1. The summed E-state index contributed by atoms with van der Waals surface area (Å²) in [5, 5.41) is 6.64. The zero-order valence-electron chi connectivity index (χ0n) is 18.7. The molecule has 2 heterocycles. The molecule has 7 nitrogen and oxygen atoms in total. The third kappa shape index (κ3) is 5.59. The maximum atomic E-state index is 12.3. The van der Waals surface area contributed by atoms with Crippen molar-refractivity contribution in [3.8, 4) is 22.1 Å². The number of carbonyl (C=O) groups is 1. The Morgan fingerprint density at radius 3 is 2.58 bits per heavy atom. The number of hydrogen-bond acceptors (Lipinski definition) is 8. The highest BCUT2D eigenvalue weighted by Gasteiger charge is 2.12. The molecule has 8 heteroatoms. The van der Waals surface area contributed by atoms with Crippen molar-refractivity contribution in [2.45, 2.75) is 33.5 Å². The first-order valence-corrected chi connectivity index (χ1v) is 11.3. The van der Waals surface area contributed by atoms with Gasteiger partial charge >= 0.3 is 5.97 Å². The van der Waals surface area contributed by atoms with E-state index in [4.69, 9.17) is 18.7 Å². The monoisotopic (exact) mass is 464 g/mol. The molecular weight excluding hydrogens is 440 g/mol. The number of nitrogens with zero attached hydrogens (tertiary/aromatic N) is 2. The van der Waals surface area contributed by atoms with Gasteiger partial charge < -0.3 is 18.7 Å². The molecule has 2 aromatic carbocycles. The van der Waals surface area contributed by atoms with Gasteiger partial charge in [0.1, 0.15) is 35.5 Å². The third-order valence-corrected chi connectivity index (χ3v) is 6.03. The van der Waals surface area contributed by atoms with Gasteiger partial charge in [-0.2, -0.15) is 0 Å². The Morgan fingerprint density at radius 2 is 1.85 bits per heavy atom. The molecule has 33 heavy (non-hydrogen) atoms. The van der Waals surface area contributed by atoms with Gasteiger partial charge in [0.25, 0.3) is 0 Å². The van der Waals surface area contributed by atoms with Crippen molar-refractivity contribution >= 4 is 17.3 Å². The van der Waals surface area contributed by atoms with Crippen molar-refractivity contribution in [1.29, 1.82) is 0 Å². The van der Waals surface area contributed by atoms with Crippen molar-refractivity contribution in [2.75, 3.05) is 7.11 Å². The number of aryl methyl sites for hydroxylation is 2. The van der Waals surface area contributed by atoms with Gasteiger partial charge in [-0.15, -0.1) is 11.3 Å². The van der Waals surface area contributed by atoms with Crippen LogP contribution in [0.15, 0.2) is 58.4 Å². The summed E-state index contributed by atoms with van der Waals surface area (Å²) in [5.74, 6) is 1.90.